The van der Waals surface area contributed by atoms with E-state index in [1.165, 1.54) is 12.1 Å². The van der Waals surface area contributed by atoms with Gasteiger partial charge < -0.3 is 4.98 Å². The topological polar surface area (TPSA) is 52.5 Å². The maximum absolute atomic E-state index is 13.5. The van der Waals surface area contributed by atoms with Gasteiger partial charge in [0.1, 0.15) is 22.3 Å². The highest BCUT2D eigenvalue weighted by atomic mass is 79.9. The summed E-state index contributed by atoms with van der Waals surface area (Å²) in [4.78, 5) is 6.68. The third kappa shape index (κ3) is 1.82. The van der Waals surface area contributed by atoms with Gasteiger partial charge in [-0.2, -0.15) is 5.26 Å². The summed E-state index contributed by atoms with van der Waals surface area (Å²) in [5, 5.41) is 8.97. The number of nitriles is 1. The van der Waals surface area contributed by atoms with Crippen molar-refractivity contribution in [3.63, 3.8) is 0 Å². The minimum absolute atomic E-state index is 0.159. The Kier molecular flexibility index (Phi) is 2.95. The second-order valence-electron chi connectivity index (χ2n) is 2.96. The van der Waals surface area contributed by atoms with Crippen LogP contribution in [0.4, 0.5) is 4.39 Å². The van der Waals surface area contributed by atoms with Crippen LogP contribution in [-0.2, 0) is 0 Å². The Bertz CT molecular complexity index is 568. The molecule has 2 rings (SSSR count). The Morgan fingerprint density at radius 1 is 1.50 bits per heavy atom. The zero-order valence-corrected chi connectivity index (χ0v) is 10.1. The van der Waals surface area contributed by atoms with Crippen LogP contribution in [0.2, 0.25) is 5.02 Å². The fraction of sp³-hybridized carbons (Fsp3) is 0. The van der Waals surface area contributed by atoms with Crippen LogP contribution in [0.3, 0.4) is 0 Å². The second-order valence-corrected chi connectivity index (χ2v) is 4.16. The smallest absolute Gasteiger partial charge is 0.173 e. The molecule has 0 radical (unpaired) electrons. The zero-order valence-electron chi connectivity index (χ0n) is 7.76. The Balaban J connectivity index is 2.64. The molecule has 16 heavy (non-hydrogen) atoms. The van der Waals surface area contributed by atoms with Crippen LogP contribution in [-0.4, -0.2) is 9.97 Å². The van der Waals surface area contributed by atoms with Gasteiger partial charge in [0.15, 0.2) is 5.69 Å². The van der Waals surface area contributed by atoms with Gasteiger partial charge in [-0.25, -0.2) is 9.37 Å². The van der Waals surface area contributed by atoms with E-state index < -0.39 is 5.82 Å². The number of H-pyrrole nitrogens is 1. The summed E-state index contributed by atoms with van der Waals surface area (Å²) in [6.45, 7) is 0. The summed E-state index contributed by atoms with van der Waals surface area (Å²) in [7, 11) is 0. The van der Waals surface area contributed by atoms with E-state index in [0.717, 1.165) is 0 Å². The van der Waals surface area contributed by atoms with Gasteiger partial charge >= 0.3 is 0 Å². The van der Waals surface area contributed by atoms with Gasteiger partial charge in [-0.1, -0.05) is 17.7 Å². The van der Waals surface area contributed by atoms with Crippen LogP contribution in [0, 0.1) is 17.1 Å². The van der Waals surface area contributed by atoms with Crippen molar-refractivity contribution in [1.29, 1.82) is 5.26 Å². The molecule has 6 heteroatoms. The lowest BCUT2D eigenvalue weighted by Gasteiger charge is -2.01. The van der Waals surface area contributed by atoms with Crippen LogP contribution >= 0.6 is 27.5 Å². The lowest BCUT2D eigenvalue weighted by molar-refractivity contribution is 0.630. The largest absolute Gasteiger partial charge is 0.331 e. The van der Waals surface area contributed by atoms with E-state index >= 15 is 0 Å². The highest BCUT2D eigenvalue weighted by Gasteiger charge is 2.15. The standard InChI is InChI=1S/C10H4BrClFN3/c11-9-7(4-14)15-10(16-9)8-5(12)2-1-3-6(8)13/h1-3H,(H,15,16). The second kappa shape index (κ2) is 4.24. The fourth-order valence-corrected chi connectivity index (χ4v) is 1.89. The van der Waals surface area contributed by atoms with Crippen molar-refractivity contribution in [1.82, 2.24) is 9.97 Å². The number of benzene rings is 1. The number of halogens is 3. The van der Waals surface area contributed by atoms with Gasteiger partial charge in [-0.3, -0.25) is 0 Å². The Labute approximate surface area is 104 Å². The molecule has 0 bridgehead atoms. The van der Waals surface area contributed by atoms with Gasteiger partial charge in [0.05, 0.1) is 10.6 Å². The first-order chi connectivity index (χ1) is 7.63. The molecule has 2 aromatic rings. The van der Waals surface area contributed by atoms with Crippen LogP contribution in [0.15, 0.2) is 22.8 Å². The van der Waals surface area contributed by atoms with Crippen molar-refractivity contribution in [3.05, 3.63) is 39.3 Å². The molecule has 1 aromatic carbocycles. The molecular formula is C10H4BrClFN3. The number of aromatic amines is 1. The normalized spacial score (nSPS) is 10.1. The van der Waals surface area contributed by atoms with Crippen molar-refractivity contribution in [2.75, 3.05) is 0 Å². The van der Waals surface area contributed by atoms with E-state index in [0.29, 0.717) is 4.60 Å². The highest BCUT2D eigenvalue weighted by Crippen LogP contribution is 2.30. The van der Waals surface area contributed by atoms with Crippen LogP contribution < -0.4 is 0 Å². The van der Waals surface area contributed by atoms with Crippen molar-refractivity contribution in [3.8, 4) is 17.5 Å². The first-order valence-corrected chi connectivity index (χ1v) is 5.40. The summed E-state index contributed by atoms with van der Waals surface area (Å²) in [5.41, 5.74) is 0.320. The van der Waals surface area contributed by atoms with E-state index in [-0.39, 0.29) is 22.1 Å². The maximum atomic E-state index is 13.5. The Morgan fingerprint density at radius 2 is 2.25 bits per heavy atom. The van der Waals surface area contributed by atoms with Crippen LogP contribution in [0.1, 0.15) is 5.69 Å². The number of nitrogens with zero attached hydrogens (tertiary/aromatic N) is 2. The Morgan fingerprint density at radius 3 is 2.81 bits per heavy atom. The molecule has 0 amide bonds. The highest BCUT2D eigenvalue weighted by molar-refractivity contribution is 9.10. The molecule has 1 aromatic heterocycles. The molecule has 1 N–H and O–H groups in total. The third-order valence-corrected chi connectivity index (χ3v) is 2.85. The molecule has 80 valence electrons. The summed E-state index contributed by atoms with van der Waals surface area (Å²) < 4.78 is 13.9. The predicted molar refractivity (Wildman–Crippen MR) is 61.4 cm³/mol. The number of aromatic nitrogens is 2. The minimum atomic E-state index is -0.488. The average Bonchev–Trinajstić information content (AvgIpc) is 2.59. The van der Waals surface area contributed by atoms with E-state index in [4.69, 9.17) is 16.9 Å². The van der Waals surface area contributed by atoms with Crippen molar-refractivity contribution in [2.45, 2.75) is 0 Å². The maximum Gasteiger partial charge on any atom is 0.173 e. The zero-order chi connectivity index (χ0) is 11.7. The quantitative estimate of drug-likeness (QED) is 0.876. The van der Waals surface area contributed by atoms with Gasteiger partial charge in [-0.15, -0.1) is 0 Å². The van der Waals surface area contributed by atoms with Gasteiger partial charge in [0.25, 0.3) is 0 Å². The lowest BCUT2D eigenvalue weighted by atomic mass is 10.2. The number of nitrogens with one attached hydrogen (secondary N) is 1. The Hall–Kier alpha value is -1.38. The lowest BCUT2D eigenvalue weighted by Crippen LogP contribution is -1.87. The van der Waals surface area contributed by atoms with E-state index in [1.54, 1.807) is 6.07 Å². The molecule has 0 atom stereocenters. The molecule has 0 fully saturated rings. The first-order valence-electron chi connectivity index (χ1n) is 4.23. The van der Waals surface area contributed by atoms with Gasteiger partial charge in [0.2, 0.25) is 0 Å². The SMILES string of the molecule is N#Cc1nc(-c2c(F)cccc2Cl)[nH]c1Br. The predicted octanol–water partition coefficient (Wildman–Crippen LogP) is 3.50. The van der Waals surface area contributed by atoms with E-state index in [1.807, 2.05) is 6.07 Å². The van der Waals surface area contributed by atoms with Crippen LogP contribution in [0.25, 0.3) is 11.4 Å². The summed E-state index contributed by atoms with van der Waals surface area (Å²) >= 11 is 8.99. The van der Waals surface area contributed by atoms with Gasteiger partial charge in [-0.05, 0) is 28.1 Å². The third-order valence-electron chi connectivity index (χ3n) is 1.97. The van der Waals surface area contributed by atoms with Crippen molar-refractivity contribution >= 4 is 27.5 Å². The number of hydrogen-bond acceptors (Lipinski definition) is 2. The molecule has 0 unspecified atom stereocenters. The fourth-order valence-electron chi connectivity index (χ4n) is 1.27. The molecule has 3 nitrogen and oxygen atoms in total. The summed E-state index contributed by atoms with van der Waals surface area (Å²) in [6.07, 6.45) is 0. The number of imidazole rings is 1. The monoisotopic (exact) mass is 299 g/mol. The van der Waals surface area contributed by atoms with Crippen LogP contribution in [0.5, 0.6) is 0 Å². The van der Waals surface area contributed by atoms with Gasteiger partial charge in [0, 0.05) is 0 Å². The minimum Gasteiger partial charge on any atom is -0.331 e. The molecule has 0 aliphatic heterocycles. The average molecular weight is 301 g/mol. The molecular weight excluding hydrogens is 296 g/mol. The summed E-state index contributed by atoms with van der Waals surface area (Å²) in [5.74, 6) is -0.259. The number of rotatable bonds is 1. The molecule has 0 aliphatic carbocycles. The van der Waals surface area contributed by atoms with Crippen molar-refractivity contribution in [2.24, 2.45) is 0 Å². The van der Waals surface area contributed by atoms with Crippen molar-refractivity contribution < 1.29 is 4.39 Å². The van der Waals surface area contributed by atoms with E-state index in [9.17, 15) is 4.39 Å². The molecule has 0 saturated carbocycles. The molecule has 0 spiro atoms. The van der Waals surface area contributed by atoms with E-state index in [2.05, 4.69) is 25.9 Å². The number of hydrogen-bond donors (Lipinski definition) is 1. The molecule has 1 heterocycles. The first kappa shape index (κ1) is 11.1. The molecule has 0 aliphatic rings. The molecule has 0 saturated heterocycles. The summed E-state index contributed by atoms with van der Waals surface area (Å²) in [6, 6.07) is 6.21.